The first kappa shape index (κ1) is 36.4. The Bertz CT molecular complexity index is 1730. The number of amides is 3. The first-order valence-electron chi connectivity index (χ1n) is 14.2. The molecule has 3 aromatic carbocycles. The molecule has 1 fully saturated rings. The number of alkyl halides is 3. The van der Waals surface area contributed by atoms with Gasteiger partial charge in [-0.15, -0.1) is 36.9 Å². The molecule has 17 heteroatoms. The summed E-state index contributed by atoms with van der Waals surface area (Å²) in [4.78, 5) is 33.7. The summed E-state index contributed by atoms with van der Waals surface area (Å²) in [5, 5.41) is 22.5. The van der Waals surface area contributed by atoms with Gasteiger partial charge in [0, 0.05) is 65.6 Å². The lowest BCUT2D eigenvalue weighted by Gasteiger charge is -2.33. The summed E-state index contributed by atoms with van der Waals surface area (Å²) >= 11 is 7.50. The Balaban J connectivity index is 0.00000520. The lowest BCUT2D eigenvalue weighted by Crippen LogP contribution is -2.48. The molecular weight excluding hydrogens is 694 g/mol. The van der Waals surface area contributed by atoms with Gasteiger partial charge >= 0.3 is 12.4 Å². The molecular formula is C31H30Cl2F3N7O4S. The van der Waals surface area contributed by atoms with Crippen LogP contribution in [0.3, 0.4) is 0 Å². The Morgan fingerprint density at radius 1 is 1.00 bits per heavy atom. The van der Waals surface area contributed by atoms with E-state index in [1.165, 1.54) is 11.3 Å². The molecule has 11 nitrogen and oxygen atoms in total. The van der Waals surface area contributed by atoms with Crippen LogP contribution >= 0.6 is 35.3 Å². The number of rotatable bonds is 10. The van der Waals surface area contributed by atoms with Crippen LogP contribution in [0, 0.1) is 0 Å². The number of hydrazone groups is 1. The summed E-state index contributed by atoms with van der Waals surface area (Å²) in [6, 6.07) is 16.9. The van der Waals surface area contributed by atoms with Crippen molar-refractivity contribution in [1.82, 2.24) is 20.2 Å². The number of phenols is 1. The molecule has 0 saturated carbocycles. The molecule has 1 aliphatic rings. The van der Waals surface area contributed by atoms with Gasteiger partial charge in [0.2, 0.25) is 0 Å². The lowest BCUT2D eigenvalue weighted by molar-refractivity contribution is -0.274. The van der Waals surface area contributed by atoms with E-state index in [-0.39, 0.29) is 36.3 Å². The minimum atomic E-state index is -4.87. The summed E-state index contributed by atoms with van der Waals surface area (Å²) in [6.45, 7) is 3.48. The molecule has 0 spiro atoms. The number of hydrogen-bond donors (Lipinski definition) is 4. The molecule has 5 rings (SSSR count). The largest absolute Gasteiger partial charge is 0.573 e. The average molecular weight is 725 g/mol. The number of piperazine rings is 1. The zero-order valence-electron chi connectivity index (χ0n) is 25.0. The van der Waals surface area contributed by atoms with Gasteiger partial charge in [-0.25, -0.2) is 15.2 Å². The van der Waals surface area contributed by atoms with Gasteiger partial charge in [-0.05, 0) is 60.7 Å². The molecule has 48 heavy (non-hydrogen) atoms. The summed E-state index contributed by atoms with van der Waals surface area (Å²) in [5.74, 6) is -1.23. The van der Waals surface area contributed by atoms with Crippen molar-refractivity contribution in [3.8, 4) is 22.1 Å². The Morgan fingerprint density at radius 2 is 1.71 bits per heavy atom. The molecule has 4 N–H and O–H groups in total. The first-order chi connectivity index (χ1) is 22.5. The topological polar surface area (TPSA) is 131 Å². The van der Waals surface area contributed by atoms with E-state index in [1.807, 2.05) is 34.5 Å². The van der Waals surface area contributed by atoms with Crippen LogP contribution in [0.4, 0.5) is 29.3 Å². The van der Waals surface area contributed by atoms with E-state index in [1.54, 1.807) is 24.3 Å². The first-order valence-corrected chi connectivity index (χ1v) is 15.5. The van der Waals surface area contributed by atoms with E-state index < -0.39 is 18.0 Å². The Labute approximate surface area is 288 Å². The predicted octanol–water partition coefficient (Wildman–Crippen LogP) is 6.40. The summed E-state index contributed by atoms with van der Waals surface area (Å²) in [5.41, 5.74) is 5.37. The predicted molar refractivity (Wildman–Crippen MR) is 181 cm³/mol. The van der Waals surface area contributed by atoms with Crippen molar-refractivity contribution in [2.24, 2.45) is 5.10 Å². The molecule has 2 heterocycles. The van der Waals surface area contributed by atoms with Crippen molar-refractivity contribution < 1.29 is 32.6 Å². The fraction of sp³-hybridized carbons (Fsp3) is 0.226. The zero-order valence-corrected chi connectivity index (χ0v) is 27.4. The van der Waals surface area contributed by atoms with Crippen LogP contribution in [-0.4, -0.2) is 77.1 Å². The number of carbonyl (C=O) groups excluding carboxylic acids is 2. The number of ether oxygens (including phenoxy) is 1. The Morgan fingerprint density at radius 3 is 2.42 bits per heavy atom. The van der Waals surface area contributed by atoms with Gasteiger partial charge in [0.15, 0.2) is 0 Å². The van der Waals surface area contributed by atoms with Crippen molar-refractivity contribution in [2.45, 2.75) is 12.9 Å². The minimum absolute atomic E-state index is 0. The van der Waals surface area contributed by atoms with E-state index >= 15 is 0 Å². The average Bonchev–Trinajstić information content (AvgIpc) is 3.48. The third kappa shape index (κ3) is 11.1. The van der Waals surface area contributed by atoms with Crippen molar-refractivity contribution in [2.75, 3.05) is 43.4 Å². The number of nitrogens with zero attached hydrogens (tertiary/aromatic N) is 4. The standard InChI is InChI=1S/C31H29ClF3N7O4S.ClH/c32-22-2-1-3-24(15-22)39-30(45)38-23-6-4-20(5-7-23)29-37-25(19-47-29)17-41-10-12-42(13-11-41)18-28(44)40-36-16-21-14-26(8-9-27(21)43)46-31(33,34)35;/h1-9,14-16,19,43H,10-13,17-18H2,(H,40,44)(H2,38,39,45);1H/b36-16+;. The van der Waals surface area contributed by atoms with Crippen molar-refractivity contribution in [1.29, 1.82) is 0 Å². The molecule has 1 aromatic heterocycles. The molecule has 254 valence electrons. The highest BCUT2D eigenvalue weighted by Gasteiger charge is 2.31. The molecule has 0 radical (unpaired) electrons. The van der Waals surface area contributed by atoms with Gasteiger partial charge in [-0.3, -0.25) is 14.6 Å². The number of urea groups is 1. The van der Waals surface area contributed by atoms with Gasteiger partial charge in [0.05, 0.1) is 18.5 Å². The van der Waals surface area contributed by atoms with Gasteiger partial charge in [-0.1, -0.05) is 17.7 Å². The second-order valence-corrected chi connectivity index (χ2v) is 11.7. The number of nitrogens with one attached hydrogen (secondary N) is 3. The van der Waals surface area contributed by atoms with Crippen LogP contribution in [0.25, 0.3) is 10.6 Å². The van der Waals surface area contributed by atoms with Gasteiger partial charge in [0.1, 0.15) is 16.5 Å². The van der Waals surface area contributed by atoms with Gasteiger partial charge in [-0.2, -0.15) is 5.10 Å². The second-order valence-electron chi connectivity index (χ2n) is 10.4. The molecule has 0 aliphatic carbocycles. The Hall–Kier alpha value is -4.41. The zero-order chi connectivity index (χ0) is 33.4. The number of aromatic hydroxyl groups is 1. The number of phenolic OH excluding ortho intramolecular Hbond substituents is 1. The number of carbonyl (C=O) groups is 2. The van der Waals surface area contributed by atoms with Crippen molar-refractivity contribution in [3.05, 3.63) is 88.4 Å². The minimum Gasteiger partial charge on any atom is -0.507 e. The maximum Gasteiger partial charge on any atom is 0.573 e. The number of thiazole rings is 1. The molecule has 3 amide bonds. The number of hydrogen-bond acceptors (Lipinski definition) is 9. The second kappa shape index (κ2) is 16.6. The van der Waals surface area contributed by atoms with Gasteiger partial charge in [0.25, 0.3) is 5.91 Å². The lowest BCUT2D eigenvalue weighted by atomic mass is 10.2. The van der Waals surface area contributed by atoms with E-state index in [9.17, 15) is 27.9 Å². The smallest absolute Gasteiger partial charge is 0.507 e. The summed E-state index contributed by atoms with van der Waals surface area (Å²) in [7, 11) is 0. The molecule has 4 aromatic rings. The number of halogens is 5. The summed E-state index contributed by atoms with van der Waals surface area (Å²) < 4.78 is 41.2. The number of aromatic nitrogens is 1. The van der Waals surface area contributed by atoms with E-state index in [0.717, 1.165) is 53.8 Å². The molecule has 1 saturated heterocycles. The van der Waals surface area contributed by atoms with Crippen LogP contribution < -0.4 is 20.8 Å². The third-order valence-corrected chi connectivity index (χ3v) is 8.04. The van der Waals surface area contributed by atoms with Crippen LogP contribution in [0.2, 0.25) is 5.02 Å². The maximum absolute atomic E-state index is 12.4. The van der Waals surface area contributed by atoms with Crippen molar-refractivity contribution in [3.63, 3.8) is 0 Å². The maximum atomic E-state index is 12.4. The third-order valence-electron chi connectivity index (χ3n) is 6.87. The summed E-state index contributed by atoms with van der Waals surface area (Å²) in [6.07, 6.45) is -3.83. The highest BCUT2D eigenvalue weighted by atomic mass is 35.5. The molecule has 1 aliphatic heterocycles. The monoisotopic (exact) mass is 723 g/mol. The number of benzene rings is 3. The highest BCUT2D eigenvalue weighted by Crippen LogP contribution is 2.28. The molecule has 0 atom stereocenters. The van der Waals surface area contributed by atoms with E-state index in [2.05, 4.69) is 30.8 Å². The van der Waals surface area contributed by atoms with E-state index in [4.69, 9.17) is 16.6 Å². The van der Waals surface area contributed by atoms with Gasteiger partial charge < -0.3 is 20.5 Å². The normalized spacial score (nSPS) is 13.9. The Kier molecular flexibility index (Phi) is 12.6. The van der Waals surface area contributed by atoms with Crippen LogP contribution in [0.1, 0.15) is 11.3 Å². The van der Waals surface area contributed by atoms with Crippen molar-refractivity contribution >= 4 is 64.9 Å². The molecule has 0 bridgehead atoms. The molecule has 0 unspecified atom stereocenters. The van der Waals surface area contributed by atoms with Crippen LogP contribution in [0.5, 0.6) is 11.5 Å². The number of anilines is 2. The fourth-order valence-electron chi connectivity index (χ4n) is 4.65. The SMILES string of the molecule is Cl.O=C(CN1CCN(Cc2csc(-c3ccc(NC(=O)Nc4cccc(Cl)c4)cc3)n2)CC1)N/N=C/c1cc(OC(F)(F)F)ccc1O. The van der Waals surface area contributed by atoms with E-state index in [0.29, 0.717) is 36.0 Å². The van der Waals surface area contributed by atoms with Crippen LogP contribution in [-0.2, 0) is 11.3 Å². The fourth-order valence-corrected chi connectivity index (χ4v) is 5.66. The van der Waals surface area contributed by atoms with Crippen LogP contribution in [0.15, 0.2) is 77.2 Å². The highest BCUT2D eigenvalue weighted by molar-refractivity contribution is 7.13. The quantitative estimate of drug-likeness (QED) is 0.110.